The molecule has 4 fully saturated rings. The maximum absolute atomic E-state index is 12.7. The molecular weight excluding hydrogens is 452 g/mol. The van der Waals surface area contributed by atoms with Crippen LogP contribution < -0.4 is 0 Å². The third-order valence-electron chi connectivity index (χ3n) is 8.41. The van der Waals surface area contributed by atoms with E-state index in [2.05, 4.69) is 37.8 Å². The van der Waals surface area contributed by atoms with Gasteiger partial charge in [-0.05, 0) is 63.7 Å². The molecule has 4 rings (SSSR count). The van der Waals surface area contributed by atoms with Crippen LogP contribution in [-0.2, 0) is 23.7 Å². The third kappa shape index (κ3) is 7.44. The van der Waals surface area contributed by atoms with Gasteiger partial charge in [-0.1, -0.05) is 51.2 Å². The van der Waals surface area contributed by atoms with Crippen LogP contribution in [0.15, 0.2) is 12.2 Å². The molecule has 7 atom stereocenters. The SMILES string of the molecule is CCCC#C[C@@]12CC(=O)C[C@@H]1[C@@H](C=C[C@H](CCCCC)OC1CCCCO1)[C@H](OC1CCCCO1)C2. The first-order valence-corrected chi connectivity index (χ1v) is 14.9. The number of Topliss-reactive ketones (excluding diaryl/α,β-unsaturated/α-hetero) is 1. The van der Waals surface area contributed by atoms with Crippen LogP contribution in [0.5, 0.6) is 0 Å². The number of hydrogen-bond acceptors (Lipinski definition) is 5. The first kappa shape index (κ1) is 27.8. The van der Waals surface area contributed by atoms with Gasteiger partial charge in [0.1, 0.15) is 5.78 Å². The van der Waals surface area contributed by atoms with Crippen LogP contribution in [0.2, 0.25) is 0 Å². The molecule has 2 aliphatic heterocycles. The number of carbonyl (C=O) groups excluding carboxylic acids is 1. The third-order valence-corrected chi connectivity index (χ3v) is 8.41. The summed E-state index contributed by atoms with van der Waals surface area (Å²) in [7, 11) is 0. The van der Waals surface area contributed by atoms with E-state index in [0.717, 1.165) is 77.4 Å². The Hall–Kier alpha value is -1.19. The Balaban J connectivity index is 1.53. The van der Waals surface area contributed by atoms with E-state index < -0.39 is 0 Å². The molecule has 0 N–H and O–H groups in total. The molecule has 0 aromatic rings. The Bertz CT molecular complexity index is 770. The monoisotopic (exact) mass is 500 g/mol. The second kappa shape index (κ2) is 14.1. The molecule has 0 bridgehead atoms. The standard InChI is InChI=1S/C31H48O5/c1-3-5-7-13-25(35-29-14-8-11-19-33-29)16-17-26-27-21-24(32)22-31(27,18-10-6-4-2)23-28(26)36-30-15-9-12-20-34-30/h16-17,25-30H,3-9,11-15,19-23H2,1-2H3/t25-,26+,27+,28+,29?,30?,31-/m0/s1. The van der Waals surface area contributed by atoms with Crippen LogP contribution in [-0.4, -0.2) is 43.8 Å². The number of hydrogen-bond donors (Lipinski definition) is 0. The second-order valence-electron chi connectivity index (χ2n) is 11.3. The first-order chi connectivity index (χ1) is 17.6. The summed E-state index contributed by atoms with van der Waals surface area (Å²) >= 11 is 0. The van der Waals surface area contributed by atoms with E-state index in [1.807, 2.05) is 0 Å². The maximum atomic E-state index is 12.7. The summed E-state index contributed by atoms with van der Waals surface area (Å²) in [5.74, 6) is 7.72. The molecule has 0 aromatic heterocycles. The normalized spacial score (nSPS) is 35.5. The lowest BCUT2D eigenvalue weighted by Gasteiger charge is -2.29. The number of unbranched alkanes of at least 4 members (excludes halogenated alkanes) is 3. The van der Waals surface area contributed by atoms with E-state index in [9.17, 15) is 4.79 Å². The topological polar surface area (TPSA) is 54.0 Å². The number of rotatable bonds is 11. The molecule has 2 heterocycles. The predicted octanol–water partition coefficient (Wildman–Crippen LogP) is 6.74. The van der Waals surface area contributed by atoms with E-state index in [1.165, 1.54) is 19.3 Å². The van der Waals surface area contributed by atoms with Gasteiger partial charge in [0.2, 0.25) is 0 Å². The van der Waals surface area contributed by atoms with Gasteiger partial charge in [0.25, 0.3) is 0 Å². The molecule has 0 radical (unpaired) electrons. The predicted molar refractivity (Wildman–Crippen MR) is 141 cm³/mol. The molecule has 5 nitrogen and oxygen atoms in total. The number of carbonyl (C=O) groups is 1. The maximum Gasteiger partial charge on any atom is 0.158 e. The fourth-order valence-electron chi connectivity index (χ4n) is 6.51. The van der Waals surface area contributed by atoms with Gasteiger partial charge in [-0.2, -0.15) is 0 Å². The Morgan fingerprint density at radius 3 is 2.53 bits per heavy atom. The summed E-state index contributed by atoms with van der Waals surface area (Å²) in [5.41, 5.74) is -0.258. The van der Waals surface area contributed by atoms with E-state index in [0.29, 0.717) is 18.6 Å². The second-order valence-corrected chi connectivity index (χ2v) is 11.3. The minimum Gasteiger partial charge on any atom is -0.353 e. The zero-order valence-corrected chi connectivity index (χ0v) is 22.7. The van der Waals surface area contributed by atoms with Gasteiger partial charge in [0.15, 0.2) is 12.6 Å². The molecule has 2 saturated heterocycles. The first-order valence-electron chi connectivity index (χ1n) is 14.9. The Morgan fingerprint density at radius 2 is 1.83 bits per heavy atom. The van der Waals surface area contributed by atoms with Crippen LogP contribution in [0.4, 0.5) is 0 Å². The zero-order valence-electron chi connectivity index (χ0n) is 22.7. The molecule has 0 spiro atoms. The van der Waals surface area contributed by atoms with Gasteiger partial charge < -0.3 is 18.9 Å². The average Bonchev–Trinajstić information content (AvgIpc) is 3.34. The quantitative estimate of drug-likeness (QED) is 0.179. The highest BCUT2D eigenvalue weighted by Crippen LogP contribution is 2.57. The fraction of sp³-hybridized carbons (Fsp3) is 0.839. The number of ketones is 1. The highest BCUT2D eigenvalue weighted by Gasteiger charge is 2.57. The lowest BCUT2D eigenvalue weighted by molar-refractivity contribution is -0.193. The number of fused-ring (bicyclic) bond motifs is 1. The summed E-state index contributed by atoms with van der Waals surface area (Å²) in [4.78, 5) is 12.7. The van der Waals surface area contributed by atoms with E-state index in [-0.39, 0.29) is 42.0 Å². The van der Waals surface area contributed by atoms with Gasteiger partial charge in [0.05, 0.1) is 12.2 Å². The van der Waals surface area contributed by atoms with E-state index in [4.69, 9.17) is 18.9 Å². The highest BCUT2D eigenvalue weighted by atomic mass is 16.7. The molecule has 2 aliphatic carbocycles. The minimum atomic E-state index is -0.258. The van der Waals surface area contributed by atoms with Crippen LogP contribution in [0.25, 0.3) is 0 Å². The lowest BCUT2D eigenvalue weighted by Crippen LogP contribution is -2.31. The van der Waals surface area contributed by atoms with Crippen molar-refractivity contribution in [2.45, 2.75) is 135 Å². The molecule has 36 heavy (non-hydrogen) atoms. The molecule has 2 unspecified atom stereocenters. The molecule has 4 aliphatic rings. The molecular formula is C31H48O5. The molecule has 202 valence electrons. The van der Waals surface area contributed by atoms with Crippen LogP contribution in [0, 0.1) is 29.1 Å². The van der Waals surface area contributed by atoms with Gasteiger partial charge >= 0.3 is 0 Å². The molecule has 0 aromatic carbocycles. The van der Waals surface area contributed by atoms with Crippen molar-refractivity contribution < 1.29 is 23.7 Å². The van der Waals surface area contributed by atoms with Crippen molar-refractivity contribution in [3.63, 3.8) is 0 Å². The Kier molecular flexibility index (Phi) is 10.9. The average molecular weight is 501 g/mol. The van der Waals surface area contributed by atoms with Crippen LogP contribution in [0.1, 0.15) is 110 Å². The van der Waals surface area contributed by atoms with Crippen molar-refractivity contribution in [2.75, 3.05) is 13.2 Å². The Morgan fingerprint density at radius 1 is 1.06 bits per heavy atom. The van der Waals surface area contributed by atoms with Gasteiger partial charge in [-0.3, -0.25) is 4.79 Å². The summed E-state index contributed by atoms with van der Waals surface area (Å²) in [5, 5.41) is 0. The largest absolute Gasteiger partial charge is 0.353 e. The lowest BCUT2D eigenvalue weighted by atomic mass is 9.78. The Labute approximate surface area is 219 Å². The van der Waals surface area contributed by atoms with Crippen LogP contribution in [0.3, 0.4) is 0 Å². The van der Waals surface area contributed by atoms with Crippen molar-refractivity contribution in [3.8, 4) is 11.8 Å². The summed E-state index contributed by atoms with van der Waals surface area (Å²) in [6.45, 7) is 5.96. The zero-order chi connectivity index (χ0) is 25.2. The van der Waals surface area contributed by atoms with Crippen LogP contribution >= 0.6 is 0 Å². The molecule has 0 amide bonds. The van der Waals surface area contributed by atoms with Crippen molar-refractivity contribution in [3.05, 3.63) is 12.2 Å². The highest BCUT2D eigenvalue weighted by molar-refractivity contribution is 5.83. The number of ether oxygens (including phenoxy) is 4. The van der Waals surface area contributed by atoms with Gasteiger partial charge in [-0.15, -0.1) is 5.92 Å². The molecule has 2 saturated carbocycles. The summed E-state index contributed by atoms with van der Waals surface area (Å²) in [6.07, 6.45) is 19.3. The van der Waals surface area contributed by atoms with Gasteiger partial charge in [-0.25, -0.2) is 0 Å². The summed E-state index contributed by atoms with van der Waals surface area (Å²) in [6, 6.07) is 0. The fourth-order valence-corrected chi connectivity index (χ4v) is 6.51. The smallest absolute Gasteiger partial charge is 0.158 e. The van der Waals surface area contributed by atoms with Crippen molar-refractivity contribution in [2.24, 2.45) is 17.3 Å². The van der Waals surface area contributed by atoms with Crippen molar-refractivity contribution in [1.82, 2.24) is 0 Å². The van der Waals surface area contributed by atoms with Crippen molar-refractivity contribution in [1.29, 1.82) is 0 Å². The van der Waals surface area contributed by atoms with Crippen molar-refractivity contribution >= 4 is 5.78 Å². The summed E-state index contributed by atoms with van der Waals surface area (Å²) < 4.78 is 24.9. The van der Waals surface area contributed by atoms with E-state index in [1.54, 1.807) is 0 Å². The minimum absolute atomic E-state index is 0.0283. The molecule has 5 heteroatoms. The van der Waals surface area contributed by atoms with Gasteiger partial charge in [0, 0.05) is 43.8 Å². The van der Waals surface area contributed by atoms with E-state index >= 15 is 0 Å².